The summed E-state index contributed by atoms with van der Waals surface area (Å²) in [7, 11) is 0. The average molecular weight is 253 g/mol. The molecule has 0 aromatic heterocycles. The summed E-state index contributed by atoms with van der Waals surface area (Å²) in [5.74, 6) is -0.181. The molecule has 1 aromatic carbocycles. The van der Waals surface area contributed by atoms with Gasteiger partial charge in [0.15, 0.2) is 0 Å². The van der Waals surface area contributed by atoms with Gasteiger partial charge in [0, 0.05) is 6.61 Å². The Morgan fingerprint density at radius 2 is 1.94 bits per heavy atom. The second kappa shape index (κ2) is 7.49. The molecule has 1 N–H and O–H groups in total. The third-order valence-electron chi connectivity index (χ3n) is 3.00. The fourth-order valence-corrected chi connectivity index (χ4v) is 2.29. The van der Waals surface area contributed by atoms with Crippen LogP contribution in [-0.2, 0) is 4.74 Å². The first kappa shape index (κ1) is 15.1. The quantitative estimate of drug-likeness (QED) is 0.801. The molecule has 2 unspecified atom stereocenters. The Morgan fingerprint density at radius 1 is 1.22 bits per heavy atom. The van der Waals surface area contributed by atoms with E-state index in [0.717, 1.165) is 24.1 Å². The summed E-state index contributed by atoms with van der Waals surface area (Å²) in [6.07, 6.45) is 0.984. The van der Waals surface area contributed by atoms with Gasteiger partial charge in [-0.05, 0) is 50.1 Å². The van der Waals surface area contributed by atoms with Crippen molar-refractivity contribution in [2.24, 2.45) is 0 Å². The minimum atomic E-state index is -0.181. The molecule has 0 fully saturated rings. The van der Waals surface area contributed by atoms with Gasteiger partial charge in [0.2, 0.25) is 0 Å². The Bertz CT molecular complexity index is 347. The molecule has 0 saturated carbocycles. The molecular formula is C15H24FNO. The van der Waals surface area contributed by atoms with E-state index in [1.807, 2.05) is 19.9 Å². The highest BCUT2D eigenvalue weighted by Crippen LogP contribution is 2.23. The highest BCUT2D eigenvalue weighted by Gasteiger charge is 2.21. The molecule has 0 radical (unpaired) electrons. The molecule has 18 heavy (non-hydrogen) atoms. The number of halogens is 1. The molecule has 0 saturated heterocycles. The van der Waals surface area contributed by atoms with E-state index in [9.17, 15) is 4.39 Å². The largest absolute Gasteiger partial charge is 0.377 e. The number of hydrogen-bond donors (Lipinski definition) is 1. The number of rotatable bonds is 7. The lowest BCUT2D eigenvalue weighted by molar-refractivity contribution is 0.0317. The van der Waals surface area contributed by atoms with Crippen LogP contribution in [0, 0.1) is 12.7 Å². The Balaban J connectivity index is 3.01. The van der Waals surface area contributed by atoms with E-state index in [0.29, 0.717) is 6.61 Å². The van der Waals surface area contributed by atoms with Gasteiger partial charge in [0.25, 0.3) is 0 Å². The smallest absolute Gasteiger partial charge is 0.123 e. The normalized spacial score (nSPS) is 14.5. The van der Waals surface area contributed by atoms with Gasteiger partial charge in [-0.3, -0.25) is 0 Å². The second-order valence-corrected chi connectivity index (χ2v) is 4.50. The van der Waals surface area contributed by atoms with Crippen LogP contribution in [0.3, 0.4) is 0 Å². The molecule has 2 nitrogen and oxygen atoms in total. The number of ether oxygens (including phenoxy) is 1. The van der Waals surface area contributed by atoms with E-state index < -0.39 is 0 Å². The van der Waals surface area contributed by atoms with Crippen LogP contribution >= 0.6 is 0 Å². The van der Waals surface area contributed by atoms with E-state index in [1.165, 1.54) is 0 Å². The summed E-state index contributed by atoms with van der Waals surface area (Å²) < 4.78 is 19.3. The zero-order valence-electron chi connectivity index (χ0n) is 11.8. The lowest BCUT2D eigenvalue weighted by Gasteiger charge is -2.27. The first-order chi connectivity index (χ1) is 8.62. The SMILES string of the molecule is CCNC(c1cc(C)cc(F)c1)C(CC)OCC. The number of benzene rings is 1. The van der Waals surface area contributed by atoms with Crippen LogP contribution in [0.2, 0.25) is 0 Å². The van der Waals surface area contributed by atoms with Crippen LogP contribution in [0.4, 0.5) is 4.39 Å². The van der Waals surface area contributed by atoms with Crippen molar-refractivity contribution in [2.45, 2.75) is 46.3 Å². The van der Waals surface area contributed by atoms with E-state index in [1.54, 1.807) is 12.1 Å². The number of hydrogen-bond acceptors (Lipinski definition) is 2. The molecule has 2 atom stereocenters. The maximum atomic E-state index is 13.5. The molecule has 3 heteroatoms. The molecule has 1 rings (SSSR count). The minimum absolute atomic E-state index is 0.0503. The van der Waals surface area contributed by atoms with Gasteiger partial charge in [-0.1, -0.05) is 19.9 Å². The van der Waals surface area contributed by atoms with Gasteiger partial charge < -0.3 is 10.1 Å². The fraction of sp³-hybridized carbons (Fsp3) is 0.600. The minimum Gasteiger partial charge on any atom is -0.377 e. The zero-order chi connectivity index (χ0) is 13.5. The van der Waals surface area contributed by atoms with Crippen molar-refractivity contribution < 1.29 is 9.13 Å². The van der Waals surface area contributed by atoms with Crippen LogP contribution in [0.5, 0.6) is 0 Å². The molecule has 0 bridgehead atoms. The van der Waals surface area contributed by atoms with Crippen LogP contribution in [-0.4, -0.2) is 19.3 Å². The summed E-state index contributed by atoms with van der Waals surface area (Å²) in [6, 6.07) is 5.23. The number of aryl methyl sites for hydroxylation is 1. The summed E-state index contributed by atoms with van der Waals surface area (Å²) in [6.45, 7) is 9.56. The van der Waals surface area contributed by atoms with Crippen molar-refractivity contribution in [1.29, 1.82) is 0 Å². The summed E-state index contributed by atoms with van der Waals surface area (Å²) in [5, 5.41) is 3.40. The molecule has 0 aliphatic rings. The van der Waals surface area contributed by atoms with Gasteiger partial charge in [0.1, 0.15) is 5.82 Å². The molecule has 0 spiro atoms. The molecule has 1 aromatic rings. The molecule has 0 aliphatic carbocycles. The van der Waals surface area contributed by atoms with Crippen LogP contribution in [0.15, 0.2) is 18.2 Å². The van der Waals surface area contributed by atoms with Gasteiger partial charge in [-0.15, -0.1) is 0 Å². The Morgan fingerprint density at radius 3 is 2.44 bits per heavy atom. The van der Waals surface area contributed by atoms with Crippen LogP contribution in [0.1, 0.15) is 44.4 Å². The van der Waals surface area contributed by atoms with Crippen molar-refractivity contribution in [1.82, 2.24) is 5.32 Å². The van der Waals surface area contributed by atoms with E-state index in [-0.39, 0.29) is 18.0 Å². The first-order valence-electron chi connectivity index (χ1n) is 6.74. The molecule has 102 valence electrons. The standard InChI is InChI=1S/C15H24FNO/c1-5-14(18-7-3)15(17-6-2)12-8-11(4)9-13(16)10-12/h8-10,14-15,17H,5-7H2,1-4H3. The van der Waals surface area contributed by atoms with E-state index >= 15 is 0 Å². The van der Waals surface area contributed by atoms with Crippen molar-refractivity contribution in [3.05, 3.63) is 35.1 Å². The monoisotopic (exact) mass is 253 g/mol. The summed E-state index contributed by atoms with van der Waals surface area (Å²) in [5.41, 5.74) is 1.91. The molecule has 0 amide bonds. The maximum Gasteiger partial charge on any atom is 0.123 e. The maximum absolute atomic E-state index is 13.5. The number of likely N-dealkylation sites (N-methyl/N-ethyl adjacent to an activating group) is 1. The van der Waals surface area contributed by atoms with Gasteiger partial charge in [-0.25, -0.2) is 4.39 Å². The van der Waals surface area contributed by atoms with Crippen molar-refractivity contribution in [3.8, 4) is 0 Å². The lowest BCUT2D eigenvalue weighted by Crippen LogP contribution is -2.33. The summed E-state index contributed by atoms with van der Waals surface area (Å²) >= 11 is 0. The Hall–Kier alpha value is -0.930. The van der Waals surface area contributed by atoms with E-state index in [4.69, 9.17) is 4.74 Å². The lowest BCUT2D eigenvalue weighted by atomic mass is 9.97. The van der Waals surface area contributed by atoms with Crippen molar-refractivity contribution >= 4 is 0 Å². The third-order valence-corrected chi connectivity index (χ3v) is 3.00. The van der Waals surface area contributed by atoms with Gasteiger partial charge in [0.05, 0.1) is 12.1 Å². The topological polar surface area (TPSA) is 21.3 Å². The highest BCUT2D eigenvalue weighted by atomic mass is 19.1. The zero-order valence-corrected chi connectivity index (χ0v) is 11.8. The average Bonchev–Trinajstić information content (AvgIpc) is 2.32. The van der Waals surface area contributed by atoms with Crippen molar-refractivity contribution in [3.63, 3.8) is 0 Å². The van der Waals surface area contributed by atoms with Crippen LogP contribution < -0.4 is 5.32 Å². The predicted octanol–water partition coefficient (Wildman–Crippen LogP) is 3.60. The van der Waals surface area contributed by atoms with Gasteiger partial charge >= 0.3 is 0 Å². The third kappa shape index (κ3) is 4.07. The Labute approximate surface area is 110 Å². The van der Waals surface area contributed by atoms with Crippen LogP contribution in [0.25, 0.3) is 0 Å². The second-order valence-electron chi connectivity index (χ2n) is 4.50. The predicted molar refractivity (Wildman–Crippen MR) is 73.3 cm³/mol. The fourth-order valence-electron chi connectivity index (χ4n) is 2.29. The van der Waals surface area contributed by atoms with E-state index in [2.05, 4.69) is 19.2 Å². The van der Waals surface area contributed by atoms with Crippen molar-refractivity contribution in [2.75, 3.05) is 13.2 Å². The first-order valence-corrected chi connectivity index (χ1v) is 6.74. The molecular weight excluding hydrogens is 229 g/mol. The molecule has 0 aliphatic heterocycles. The summed E-state index contributed by atoms with van der Waals surface area (Å²) in [4.78, 5) is 0. The highest BCUT2D eigenvalue weighted by molar-refractivity contribution is 5.27. The van der Waals surface area contributed by atoms with Gasteiger partial charge in [-0.2, -0.15) is 0 Å². The number of nitrogens with one attached hydrogen (secondary N) is 1. The Kier molecular flexibility index (Phi) is 6.30. The molecule has 0 heterocycles.